The molecular weight excluding hydrogens is 296 g/mol. The molecule has 1 rings (SSSR count). The summed E-state index contributed by atoms with van der Waals surface area (Å²) >= 11 is 0. The summed E-state index contributed by atoms with van der Waals surface area (Å²) in [7, 11) is -7.30. The Morgan fingerprint density at radius 2 is 2.05 bits per heavy atom. The van der Waals surface area contributed by atoms with Crippen LogP contribution < -0.4 is 4.72 Å². The summed E-state index contributed by atoms with van der Waals surface area (Å²) in [6.07, 6.45) is 0.120. The molecular formula is C9H18N2O6S2. The number of sulfone groups is 1. The number of carbonyl (C=O) groups is 1. The van der Waals surface area contributed by atoms with Gasteiger partial charge in [-0.3, -0.25) is 4.79 Å². The highest BCUT2D eigenvalue weighted by molar-refractivity contribution is 7.91. The van der Waals surface area contributed by atoms with E-state index in [0.29, 0.717) is 0 Å². The minimum atomic E-state index is -4.01. The van der Waals surface area contributed by atoms with E-state index in [-0.39, 0.29) is 17.9 Å². The van der Waals surface area contributed by atoms with Crippen LogP contribution >= 0.6 is 0 Å². The fraction of sp³-hybridized carbons (Fsp3) is 0.889. The van der Waals surface area contributed by atoms with Gasteiger partial charge in [0.15, 0.2) is 9.84 Å². The van der Waals surface area contributed by atoms with Crippen LogP contribution in [-0.2, 0) is 24.8 Å². The molecule has 0 amide bonds. The van der Waals surface area contributed by atoms with Gasteiger partial charge in [-0.2, -0.15) is 17.4 Å². The Morgan fingerprint density at radius 3 is 2.42 bits per heavy atom. The second-order valence-electron chi connectivity index (χ2n) is 4.77. The first-order chi connectivity index (χ1) is 8.53. The molecule has 1 fully saturated rings. The molecule has 0 aromatic heterocycles. The molecule has 1 atom stereocenters. The third kappa shape index (κ3) is 4.71. The van der Waals surface area contributed by atoms with Crippen molar-refractivity contribution in [1.29, 1.82) is 0 Å². The van der Waals surface area contributed by atoms with Crippen molar-refractivity contribution >= 4 is 26.0 Å². The molecule has 1 heterocycles. The van der Waals surface area contributed by atoms with Gasteiger partial charge in [0.2, 0.25) is 0 Å². The lowest BCUT2D eigenvalue weighted by Crippen LogP contribution is -2.50. The lowest BCUT2D eigenvalue weighted by molar-refractivity contribution is -0.137. The highest BCUT2D eigenvalue weighted by atomic mass is 32.2. The predicted octanol–water partition coefficient (Wildman–Crippen LogP) is -1.20. The van der Waals surface area contributed by atoms with Gasteiger partial charge in [0.1, 0.15) is 6.54 Å². The number of aliphatic carboxylic acids is 1. The highest BCUT2D eigenvalue weighted by Gasteiger charge is 2.39. The van der Waals surface area contributed by atoms with Gasteiger partial charge in [0.05, 0.1) is 11.5 Å². The number of rotatable bonds is 6. The smallest absolute Gasteiger partial charge is 0.318 e. The molecule has 1 aliphatic heterocycles. The zero-order valence-corrected chi connectivity index (χ0v) is 12.4. The zero-order valence-electron chi connectivity index (χ0n) is 10.7. The summed E-state index contributed by atoms with van der Waals surface area (Å²) in [6, 6.07) is -1.23. The van der Waals surface area contributed by atoms with E-state index in [0.717, 1.165) is 4.31 Å². The number of carboxylic acid groups (broad SMARTS) is 1. The summed E-state index contributed by atoms with van der Waals surface area (Å²) in [5, 5.41) is 8.79. The van der Waals surface area contributed by atoms with Crippen LogP contribution in [-0.4, -0.2) is 62.4 Å². The minimum absolute atomic E-state index is 0.120. The number of nitrogens with zero attached hydrogens (tertiary/aromatic N) is 1. The molecule has 0 radical (unpaired) electrons. The van der Waals surface area contributed by atoms with Gasteiger partial charge in [-0.25, -0.2) is 8.42 Å². The molecule has 1 aliphatic rings. The maximum atomic E-state index is 12.0. The molecule has 2 N–H and O–H groups in total. The van der Waals surface area contributed by atoms with Crippen LogP contribution in [0.4, 0.5) is 0 Å². The summed E-state index contributed by atoms with van der Waals surface area (Å²) in [6.45, 7) is 2.45. The molecule has 0 aliphatic carbocycles. The summed E-state index contributed by atoms with van der Waals surface area (Å²) in [5.41, 5.74) is 0. The predicted molar refractivity (Wildman–Crippen MR) is 68.6 cm³/mol. The molecule has 1 unspecified atom stereocenters. The summed E-state index contributed by atoms with van der Waals surface area (Å²) in [5.74, 6) is -1.77. The summed E-state index contributed by atoms with van der Waals surface area (Å²) < 4.78 is 49.8. The third-order valence-electron chi connectivity index (χ3n) is 2.60. The van der Waals surface area contributed by atoms with E-state index in [1.165, 1.54) is 0 Å². The van der Waals surface area contributed by atoms with Gasteiger partial charge < -0.3 is 5.11 Å². The van der Waals surface area contributed by atoms with E-state index in [4.69, 9.17) is 5.11 Å². The molecule has 19 heavy (non-hydrogen) atoms. The van der Waals surface area contributed by atoms with E-state index in [1.807, 2.05) is 0 Å². The Balaban J connectivity index is 2.99. The van der Waals surface area contributed by atoms with Gasteiger partial charge in [-0.1, -0.05) is 0 Å². The zero-order chi connectivity index (χ0) is 14.8. The van der Waals surface area contributed by atoms with Crippen molar-refractivity contribution in [3.63, 3.8) is 0 Å². The van der Waals surface area contributed by atoms with Crippen LogP contribution in [0.25, 0.3) is 0 Å². The van der Waals surface area contributed by atoms with Crippen LogP contribution in [0.3, 0.4) is 0 Å². The minimum Gasteiger partial charge on any atom is -0.480 e. The molecule has 1 saturated heterocycles. The maximum Gasteiger partial charge on any atom is 0.318 e. The lowest BCUT2D eigenvalue weighted by Gasteiger charge is -2.26. The number of hydrogen-bond acceptors (Lipinski definition) is 5. The standard InChI is InChI=1S/C9H18N2O6S2/c1-7(2)10-19(16,17)11(5-9(12)13)8-3-4-18(14,15)6-8/h7-8,10H,3-6H2,1-2H3,(H,12,13). The van der Waals surface area contributed by atoms with Crippen molar-refractivity contribution in [1.82, 2.24) is 9.03 Å². The van der Waals surface area contributed by atoms with Crippen LogP contribution in [0.5, 0.6) is 0 Å². The lowest BCUT2D eigenvalue weighted by atomic mass is 10.2. The molecule has 0 aromatic carbocycles. The molecule has 8 nitrogen and oxygen atoms in total. The molecule has 0 saturated carbocycles. The largest absolute Gasteiger partial charge is 0.480 e. The topological polar surface area (TPSA) is 121 Å². The number of hydrogen-bond donors (Lipinski definition) is 2. The Hall–Kier alpha value is -0.710. The average Bonchev–Trinajstić information content (AvgIpc) is 2.52. The Kier molecular flexibility index (Phi) is 4.93. The SMILES string of the molecule is CC(C)NS(=O)(=O)N(CC(=O)O)C1CCS(=O)(=O)C1. The van der Waals surface area contributed by atoms with E-state index in [1.54, 1.807) is 13.8 Å². The van der Waals surface area contributed by atoms with E-state index >= 15 is 0 Å². The Morgan fingerprint density at radius 1 is 1.47 bits per heavy atom. The van der Waals surface area contributed by atoms with Crippen molar-refractivity contribution in [2.75, 3.05) is 18.1 Å². The van der Waals surface area contributed by atoms with Crippen molar-refractivity contribution in [3.05, 3.63) is 0 Å². The van der Waals surface area contributed by atoms with Gasteiger partial charge in [-0.05, 0) is 20.3 Å². The average molecular weight is 314 g/mol. The van der Waals surface area contributed by atoms with Gasteiger partial charge >= 0.3 is 5.97 Å². The monoisotopic (exact) mass is 314 g/mol. The van der Waals surface area contributed by atoms with Crippen LogP contribution in [0.2, 0.25) is 0 Å². The maximum absolute atomic E-state index is 12.0. The molecule has 112 valence electrons. The second kappa shape index (κ2) is 5.73. The van der Waals surface area contributed by atoms with Crippen molar-refractivity contribution in [2.24, 2.45) is 0 Å². The first kappa shape index (κ1) is 16.3. The second-order valence-corrected chi connectivity index (χ2v) is 8.66. The molecule has 0 bridgehead atoms. The summed E-state index contributed by atoms with van der Waals surface area (Å²) in [4.78, 5) is 10.8. The first-order valence-electron chi connectivity index (χ1n) is 5.75. The van der Waals surface area contributed by atoms with Crippen molar-refractivity contribution < 1.29 is 26.7 Å². The van der Waals surface area contributed by atoms with Gasteiger partial charge in [-0.15, -0.1) is 0 Å². The highest BCUT2D eigenvalue weighted by Crippen LogP contribution is 2.20. The Labute approximate surface area is 112 Å². The normalized spacial score (nSPS) is 23.1. The fourth-order valence-corrected chi connectivity index (χ4v) is 5.32. The van der Waals surface area contributed by atoms with Crippen LogP contribution in [0.1, 0.15) is 20.3 Å². The first-order valence-corrected chi connectivity index (χ1v) is 9.01. The fourth-order valence-electron chi connectivity index (χ4n) is 1.91. The van der Waals surface area contributed by atoms with Crippen molar-refractivity contribution in [3.8, 4) is 0 Å². The van der Waals surface area contributed by atoms with Gasteiger partial charge in [0.25, 0.3) is 10.2 Å². The molecule has 0 spiro atoms. The van der Waals surface area contributed by atoms with Crippen LogP contribution in [0.15, 0.2) is 0 Å². The Bertz CT molecular complexity index is 539. The van der Waals surface area contributed by atoms with Crippen LogP contribution in [0, 0.1) is 0 Å². The molecule has 10 heteroatoms. The number of carboxylic acids is 1. The quantitative estimate of drug-likeness (QED) is 0.635. The van der Waals surface area contributed by atoms with E-state index in [9.17, 15) is 21.6 Å². The van der Waals surface area contributed by atoms with E-state index in [2.05, 4.69) is 4.72 Å². The third-order valence-corrected chi connectivity index (χ3v) is 6.16. The molecule has 0 aromatic rings. The van der Waals surface area contributed by atoms with E-state index < -0.39 is 44.6 Å². The van der Waals surface area contributed by atoms with Crippen molar-refractivity contribution in [2.45, 2.75) is 32.4 Å². The number of nitrogens with one attached hydrogen (secondary N) is 1. The van der Waals surface area contributed by atoms with Gasteiger partial charge in [0, 0.05) is 12.1 Å².